The van der Waals surface area contributed by atoms with Gasteiger partial charge < -0.3 is 20.4 Å². The number of benzene rings is 2. The van der Waals surface area contributed by atoms with Gasteiger partial charge in [-0.1, -0.05) is 18.2 Å². The predicted molar refractivity (Wildman–Crippen MR) is 119 cm³/mol. The summed E-state index contributed by atoms with van der Waals surface area (Å²) >= 11 is 0. The van der Waals surface area contributed by atoms with Crippen LogP contribution in [0.1, 0.15) is 37.1 Å². The molecule has 1 aromatic heterocycles. The Bertz CT molecular complexity index is 1100. The van der Waals surface area contributed by atoms with Gasteiger partial charge in [-0.15, -0.1) is 0 Å². The quantitative estimate of drug-likeness (QED) is 0.479. The van der Waals surface area contributed by atoms with E-state index in [1.165, 1.54) is 13.2 Å². The van der Waals surface area contributed by atoms with Crippen LogP contribution >= 0.6 is 0 Å². The van der Waals surface area contributed by atoms with Crippen LogP contribution in [0.4, 0.5) is 4.39 Å². The van der Waals surface area contributed by atoms with Crippen LogP contribution in [0.3, 0.4) is 0 Å². The molecule has 2 amide bonds. The van der Waals surface area contributed by atoms with E-state index in [2.05, 4.69) is 20.6 Å². The molecule has 4 rings (SSSR count). The van der Waals surface area contributed by atoms with Crippen LogP contribution in [0, 0.1) is 5.82 Å². The summed E-state index contributed by atoms with van der Waals surface area (Å²) < 4.78 is 19.5. The monoisotopic (exact) mass is 438 g/mol. The van der Waals surface area contributed by atoms with Crippen molar-refractivity contribution >= 4 is 22.8 Å². The fourth-order valence-electron chi connectivity index (χ4n) is 4.23. The molecule has 2 heterocycles. The number of rotatable bonds is 9. The number of H-pyrrole nitrogens is 1. The van der Waals surface area contributed by atoms with Crippen molar-refractivity contribution in [1.82, 2.24) is 20.6 Å². The lowest BCUT2D eigenvalue weighted by molar-refractivity contribution is -0.122. The Balaban J connectivity index is 1.32. The molecule has 3 aromatic rings. The van der Waals surface area contributed by atoms with Gasteiger partial charge in [0.2, 0.25) is 11.8 Å². The third-order valence-electron chi connectivity index (χ3n) is 5.98. The number of aromatic nitrogens is 2. The summed E-state index contributed by atoms with van der Waals surface area (Å²) in [6, 6.07) is 12.5. The number of ether oxygens (including phenoxy) is 1. The zero-order valence-corrected chi connectivity index (χ0v) is 18.0. The van der Waals surface area contributed by atoms with Gasteiger partial charge in [-0.25, -0.2) is 9.37 Å². The first-order chi connectivity index (χ1) is 15.5. The van der Waals surface area contributed by atoms with E-state index in [-0.39, 0.29) is 24.1 Å². The lowest BCUT2D eigenvalue weighted by atomic mass is 9.84. The second-order valence-corrected chi connectivity index (χ2v) is 8.26. The lowest BCUT2D eigenvalue weighted by Gasteiger charge is -2.29. The van der Waals surface area contributed by atoms with Gasteiger partial charge in [0, 0.05) is 37.4 Å². The van der Waals surface area contributed by atoms with Crippen LogP contribution in [-0.2, 0) is 22.4 Å². The number of carbonyl (C=O) groups excluding carboxylic acids is 2. The van der Waals surface area contributed by atoms with Gasteiger partial charge in [0.15, 0.2) is 0 Å². The van der Waals surface area contributed by atoms with E-state index in [1.807, 2.05) is 24.3 Å². The third kappa shape index (κ3) is 5.07. The number of methoxy groups -OCH3 is 1. The molecule has 3 N–H and O–H groups in total. The largest absolute Gasteiger partial charge is 0.497 e. The second kappa shape index (κ2) is 9.38. The summed E-state index contributed by atoms with van der Waals surface area (Å²) in [6.07, 6.45) is 2.58. The van der Waals surface area contributed by atoms with E-state index in [9.17, 15) is 14.0 Å². The number of imidazole rings is 1. The molecule has 0 aliphatic carbocycles. The Labute approximate surface area is 185 Å². The second-order valence-electron chi connectivity index (χ2n) is 8.26. The maximum absolute atomic E-state index is 14.5. The number of fused-ring (bicyclic) bond motifs is 1. The Morgan fingerprint density at radius 2 is 2.12 bits per heavy atom. The molecule has 1 fully saturated rings. The number of hydrogen-bond acceptors (Lipinski definition) is 4. The SMILES string of the molecule is COc1ccc(C[C@]2(CCC(=O)NCCc3nc4ccccc4[nH]3)CCC(=O)N2)c(F)c1. The average molecular weight is 439 g/mol. The summed E-state index contributed by atoms with van der Waals surface area (Å²) in [5.41, 5.74) is 1.75. The number of nitrogens with zero attached hydrogens (tertiary/aromatic N) is 1. The number of carbonyl (C=O) groups is 2. The maximum Gasteiger partial charge on any atom is 0.220 e. The fraction of sp³-hybridized carbons (Fsp3) is 0.375. The van der Waals surface area contributed by atoms with E-state index >= 15 is 0 Å². The Kier molecular flexibility index (Phi) is 6.39. The number of para-hydroxylation sites is 2. The molecular formula is C24H27FN4O3. The van der Waals surface area contributed by atoms with E-state index < -0.39 is 5.54 Å². The minimum absolute atomic E-state index is 0.0655. The minimum Gasteiger partial charge on any atom is -0.497 e. The van der Waals surface area contributed by atoms with Crippen LogP contribution in [0.5, 0.6) is 5.75 Å². The molecule has 32 heavy (non-hydrogen) atoms. The Morgan fingerprint density at radius 1 is 1.28 bits per heavy atom. The van der Waals surface area contributed by atoms with Gasteiger partial charge in [-0.05, 0) is 43.0 Å². The van der Waals surface area contributed by atoms with Gasteiger partial charge in [-0.3, -0.25) is 9.59 Å². The van der Waals surface area contributed by atoms with Crippen molar-refractivity contribution in [2.45, 2.75) is 44.1 Å². The molecule has 0 spiro atoms. The van der Waals surface area contributed by atoms with Gasteiger partial charge >= 0.3 is 0 Å². The van der Waals surface area contributed by atoms with Crippen molar-refractivity contribution in [3.05, 3.63) is 59.7 Å². The molecule has 8 heteroatoms. The van der Waals surface area contributed by atoms with Crippen molar-refractivity contribution in [1.29, 1.82) is 0 Å². The van der Waals surface area contributed by atoms with Gasteiger partial charge in [0.25, 0.3) is 0 Å². The molecule has 1 saturated heterocycles. The predicted octanol–water partition coefficient (Wildman–Crippen LogP) is 3.04. The van der Waals surface area contributed by atoms with Crippen LogP contribution in [-0.4, -0.2) is 41.0 Å². The molecule has 0 bridgehead atoms. The Morgan fingerprint density at radius 3 is 2.84 bits per heavy atom. The summed E-state index contributed by atoms with van der Waals surface area (Å²) in [6.45, 7) is 0.463. The first-order valence-corrected chi connectivity index (χ1v) is 10.8. The molecule has 0 saturated carbocycles. The topological polar surface area (TPSA) is 96.1 Å². The fourth-order valence-corrected chi connectivity index (χ4v) is 4.23. The van der Waals surface area contributed by atoms with Gasteiger partial charge in [0.05, 0.1) is 18.1 Å². The highest BCUT2D eigenvalue weighted by Gasteiger charge is 2.38. The normalized spacial score (nSPS) is 18.0. The highest BCUT2D eigenvalue weighted by atomic mass is 19.1. The van der Waals surface area contributed by atoms with Crippen molar-refractivity contribution in [3.63, 3.8) is 0 Å². The highest BCUT2D eigenvalue weighted by Crippen LogP contribution is 2.31. The Hall–Kier alpha value is -3.42. The number of nitrogens with one attached hydrogen (secondary N) is 3. The average Bonchev–Trinajstić information content (AvgIpc) is 3.37. The van der Waals surface area contributed by atoms with Crippen LogP contribution in [0.15, 0.2) is 42.5 Å². The lowest BCUT2D eigenvalue weighted by Crippen LogP contribution is -2.44. The molecule has 0 radical (unpaired) electrons. The van der Waals surface area contributed by atoms with Gasteiger partial charge in [-0.2, -0.15) is 0 Å². The molecule has 1 atom stereocenters. The zero-order chi connectivity index (χ0) is 22.6. The third-order valence-corrected chi connectivity index (χ3v) is 5.98. The molecule has 1 aliphatic rings. The van der Waals surface area contributed by atoms with Gasteiger partial charge in [0.1, 0.15) is 17.4 Å². The molecule has 1 aliphatic heterocycles. The number of amides is 2. The van der Waals surface area contributed by atoms with Crippen LogP contribution < -0.4 is 15.4 Å². The molecule has 2 aromatic carbocycles. The summed E-state index contributed by atoms with van der Waals surface area (Å²) in [7, 11) is 1.49. The van der Waals surface area contributed by atoms with E-state index in [0.29, 0.717) is 50.0 Å². The van der Waals surface area contributed by atoms with Crippen LogP contribution in [0.2, 0.25) is 0 Å². The van der Waals surface area contributed by atoms with Crippen molar-refractivity contribution in [2.24, 2.45) is 0 Å². The van der Waals surface area contributed by atoms with Crippen molar-refractivity contribution < 1.29 is 18.7 Å². The molecular weight excluding hydrogens is 411 g/mol. The first kappa shape index (κ1) is 21.8. The highest BCUT2D eigenvalue weighted by molar-refractivity contribution is 5.80. The minimum atomic E-state index is -0.622. The van der Waals surface area contributed by atoms with Crippen LogP contribution in [0.25, 0.3) is 11.0 Å². The van der Waals surface area contributed by atoms with Crippen molar-refractivity contribution in [2.75, 3.05) is 13.7 Å². The van der Waals surface area contributed by atoms with E-state index in [0.717, 1.165) is 16.9 Å². The number of halogens is 1. The molecule has 168 valence electrons. The summed E-state index contributed by atoms with van der Waals surface area (Å²) in [5.74, 6) is 0.724. The molecule has 7 nitrogen and oxygen atoms in total. The standard InChI is InChI=1S/C24H27FN4O3/c1-32-17-7-6-16(18(25)14-17)15-24(12-9-23(31)29-24)11-8-22(30)26-13-10-21-27-19-4-2-3-5-20(19)28-21/h2-7,14H,8-13,15H2,1H3,(H,26,30)(H,27,28)(H,29,31)/t24-/m0/s1. The summed E-state index contributed by atoms with van der Waals surface area (Å²) in [4.78, 5) is 32.1. The summed E-state index contributed by atoms with van der Waals surface area (Å²) in [5, 5.41) is 5.91. The number of hydrogen-bond donors (Lipinski definition) is 3. The first-order valence-electron chi connectivity index (χ1n) is 10.8. The number of aromatic amines is 1. The maximum atomic E-state index is 14.5. The van der Waals surface area contributed by atoms with E-state index in [1.54, 1.807) is 12.1 Å². The zero-order valence-electron chi connectivity index (χ0n) is 18.0. The smallest absolute Gasteiger partial charge is 0.220 e. The van der Waals surface area contributed by atoms with Crippen molar-refractivity contribution in [3.8, 4) is 5.75 Å². The molecule has 0 unspecified atom stereocenters. The van der Waals surface area contributed by atoms with E-state index in [4.69, 9.17) is 4.74 Å².